The van der Waals surface area contributed by atoms with Gasteiger partial charge in [0.15, 0.2) is 0 Å². The third kappa shape index (κ3) is 6.20. The van der Waals surface area contributed by atoms with E-state index in [2.05, 4.69) is 21.2 Å². The van der Waals surface area contributed by atoms with Crippen LogP contribution in [0.25, 0.3) is 6.08 Å². The summed E-state index contributed by atoms with van der Waals surface area (Å²) in [5.41, 5.74) is 0.690. The van der Waals surface area contributed by atoms with E-state index in [4.69, 9.17) is 9.47 Å². The van der Waals surface area contributed by atoms with Gasteiger partial charge in [0, 0.05) is 5.56 Å². The Morgan fingerprint density at radius 1 is 0.968 bits per heavy atom. The van der Waals surface area contributed by atoms with Crippen LogP contribution in [0, 0.1) is 0 Å². The number of ether oxygens (including phenoxy) is 2. The summed E-state index contributed by atoms with van der Waals surface area (Å²) in [4.78, 5) is 24.1. The Morgan fingerprint density at radius 2 is 1.61 bits per heavy atom. The van der Waals surface area contributed by atoms with Crippen molar-refractivity contribution in [2.45, 2.75) is 6.92 Å². The van der Waals surface area contributed by atoms with Crippen LogP contribution >= 0.6 is 15.9 Å². The van der Waals surface area contributed by atoms with E-state index >= 15 is 0 Å². The summed E-state index contributed by atoms with van der Waals surface area (Å²) in [5, 5.41) is 11.9. The second-order valence-corrected chi connectivity index (χ2v) is 7.23. The van der Waals surface area contributed by atoms with Crippen molar-refractivity contribution >= 4 is 33.9 Å². The van der Waals surface area contributed by atoms with Crippen LogP contribution in [0.5, 0.6) is 17.2 Å². The lowest BCUT2D eigenvalue weighted by Gasteiger charge is -2.09. The van der Waals surface area contributed by atoms with Crippen molar-refractivity contribution in [3.8, 4) is 17.2 Å². The Morgan fingerprint density at radius 3 is 2.23 bits per heavy atom. The van der Waals surface area contributed by atoms with Gasteiger partial charge in [0.2, 0.25) is 0 Å². The van der Waals surface area contributed by atoms with E-state index in [9.17, 15) is 14.7 Å². The number of carboxylic acids is 1. The normalized spacial score (nSPS) is 11.0. The topological polar surface area (TPSA) is 84.9 Å². The minimum absolute atomic E-state index is 0.238. The van der Waals surface area contributed by atoms with Gasteiger partial charge in [0.1, 0.15) is 22.9 Å². The predicted octanol–water partition coefficient (Wildman–Crippen LogP) is 5.50. The van der Waals surface area contributed by atoms with Gasteiger partial charge in [0.05, 0.1) is 11.1 Å². The van der Waals surface area contributed by atoms with Crippen molar-refractivity contribution in [1.29, 1.82) is 0 Å². The van der Waals surface area contributed by atoms with Crippen LogP contribution < -0.4 is 14.8 Å². The van der Waals surface area contributed by atoms with Gasteiger partial charge < -0.3 is 19.9 Å². The standard InChI is InChI=1S/C24H20BrNO5/c1-2-30-18-13-9-17(10-14-18)23(27)26-21(24(28)29)15-16-7-11-19(12-8-16)31-22-6-4-3-5-20(22)25/h3-15H,2H2,1H3,(H,26,27)(H,28,29). The average Bonchev–Trinajstić information content (AvgIpc) is 2.76. The number of rotatable bonds is 8. The molecule has 0 heterocycles. The van der Waals surface area contributed by atoms with Gasteiger partial charge in [-0.3, -0.25) is 4.79 Å². The van der Waals surface area contributed by atoms with Crippen molar-refractivity contribution in [1.82, 2.24) is 5.32 Å². The molecule has 0 unspecified atom stereocenters. The highest BCUT2D eigenvalue weighted by Crippen LogP contribution is 2.29. The van der Waals surface area contributed by atoms with E-state index < -0.39 is 11.9 Å². The van der Waals surface area contributed by atoms with E-state index in [0.717, 1.165) is 4.47 Å². The lowest BCUT2D eigenvalue weighted by atomic mass is 10.1. The number of carboxylic acid groups (broad SMARTS) is 1. The van der Waals surface area contributed by atoms with Gasteiger partial charge in [-0.25, -0.2) is 4.79 Å². The first kappa shape index (κ1) is 22.1. The summed E-state index contributed by atoms with van der Waals surface area (Å²) in [6.45, 7) is 2.38. The van der Waals surface area contributed by atoms with E-state index in [1.165, 1.54) is 6.08 Å². The zero-order valence-corrected chi connectivity index (χ0v) is 18.3. The Bertz CT molecular complexity index is 1090. The molecule has 3 aromatic carbocycles. The lowest BCUT2D eigenvalue weighted by Crippen LogP contribution is -2.27. The number of hydrogen-bond donors (Lipinski definition) is 2. The highest BCUT2D eigenvalue weighted by atomic mass is 79.9. The fourth-order valence-electron chi connectivity index (χ4n) is 2.67. The van der Waals surface area contributed by atoms with Crippen LogP contribution in [0.1, 0.15) is 22.8 Å². The van der Waals surface area contributed by atoms with Crippen molar-refractivity contribution < 1.29 is 24.2 Å². The van der Waals surface area contributed by atoms with Crippen LogP contribution in [-0.4, -0.2) is 23.6 Å². The van der Waals surface area contributed by atoms with Crippen LogP contribution in [0.2, 0.25) is 0 Å². The molecule has 0 saturated heterocycles. The van der Waals surface area contributed by atoms with Gasteiger partial charge in [-0.1, -0.05) is 24.3 Å². The Labute approximate surface area is 188 Å². The molecule has 3 rings (SSSR count). The van der Waals surface area contributed by atoms with Crippen molar-refractivity contribution in [2.75, 3.05) is 6.61 Å². The minimum Gasteiger partial charge on any atom is -0.494 e. The van der Waals surface area contributed by atoms with Gasteiger partial charge in [-0.05, 0) is 83.0 Å². The molecule has 0 aliphatic heterocycles. The predicted molar refractivity (Wildman–Crippen MR) is 121 cm³/mol. The Kier molecular flexibility index (Phi) is 7.45. The zero-order valence-electron chi connectivity index (χ0n) is 16.7. The number of para-hydroxylation sites is 1. The number of halogens is 1. The Balaban J connectivity index is 1.72. The molecule has 0 spiro atoms. The van der Waals surface area contributed by atoms with E-state index in [1.807, 2.05) is 31.2 Å². The maximum Gasteiger partial charge on any atom is 0.352 e. The number of nitrogens with one attached hydrogen (secondary N) is 1. The Hall–Kier alpha value is -3.58. The molecule has 0 fully saturated rings. The van der Waals surface area contributed by atoms with Crippen molar-refractivity contribution in [3.05, 3.63) is 94.1 Å². The first-order chi connectivity index (χ1) is 15.0. The SMILES string of the molecule is CCOc1ccc(C(=O)NC(=Cc2ccc(Oc3ccccc3Br)cc2)C(=O)O)cc1. The fourth-order valence-corrected chi connectivity index (χ4v) is 3.03. The molecule has 0 saturated carbocycles. The zero-order chi connectivity index (χ0) is 22.2. The molecule has 0 radical (unpaired) electrons. The van der Waals surface area contributed by atoms with E-state index in [-0.39, 0.29) is 5.70 Å². The lowest BCUT2D eigenvalue weighted by molar-refractivity contribution is -0.132. The summed E-state index contributed by atoms with van der Waals surface area (Å²) in [6.07, 6.45) is 1.39. The largest absolute Gasteiger partial charge is 0.494 e. The molecule has 31 heavy (non-hydrogen) atoms. The summed E-state index contributed by atoms with van der Waals surface area (Å²) < 4.78 is 12.0. The van der Waals surface area contributed by atoms with Crippen molar-refractivity contribution in [3.63, 3.8) is 0 Å². The number of benzene rings is 3. The molecule has 3 aromatic rings. The maximum absolute atomic E-state index is 12.4. The molecule has 2 N–H and O–H groups in total. The van der Waals surface area contributed by atoms with Crippen LogP contribution in [-0.2, 0) is 4.79 Å². The van der Waals surface area contributed by atoms with Gasteiger partial charge in [0.25, 0.3) is 5.91 Å². The van der Waals surface area contributed by atoms with E-state index in [0.29, 0.717) is 35.0 Å². The molecule has 0 aliphatic carbocycles. The van der Waals surface area contributed by atoms with Crippen molar-refractivity contribution in [2.24, 2.45) is 0 Å². The summed E-state index contributed by atoms with van der Waals surface area (Å²) in [6, 6.07) is 20.8. The second-order valence-electron chi connectivity index (χ2n) is 6.38. The molecule has 7 heteroatoms. The first-order valence-electron chi connectivity index (χ1n) is 9.48. The molecule has 0 aliphatic rings. The molecule has 0 bridgehead atoms. The van der Waals surface area contributed by atoms with Gasteiger partial charge in [-0.15, -0.1) is 0 Å². The highest BCUT2D eigenvalue weighted by molar-refractivity contribution is 9.10. The number of amides is 1. The number of hydrogen-bond acceptors (Lipinski definition) is 4. The quantitative estimate of drug-likeness (QED) is 0.415. The third-order valence-electron chi connectivity index (χ3n) is 4.16. The first-order valence-corrected chi connectivity index (χ1v) is 10.3. The number of aliphatic carboxylic acids is 1. The smallest absolute Gasteiger partial charge is 0.352 e. The van der Waals surface area contributed by atoms with Gasteiger partial charge >= 0.3 is 5.97 Å². The number of carbonyl (C=O) groups is 2. The molecule has 0 atom stereocenters. The maximum atomic E-state index is 12.4. The molecule has 0 aromatic heterocycles. The summed E-state index contributed by atoms with van der Waals surface area (Å²) in [5.74, 6) is 0.135. The molecular formula is C24H20BrNO5. The summed E-state index contributed by atoms with van der Waals surface area (Å²) in [7, 11) is 0. The number of carbonyl (C=O) groups excluding carboxylic acids is 1. The highest BCUT2D eigenvalue weighted by Gasteiger charge is 2.14. The van der Waals surface area contributed by atoms with Crippen LogP contribution in [0.15, 0.2) is 83.0 Å². The summed E-state index contributed by atoms with van der Waals surface area (Å²) >= 11 is 3.42. The monoisotopic (exact) mass is 481 g/mol. The van der Waals surface area contributed by atoms with Crippen LogP contribution in [0.4, 0.5) is 0 Å². The molecule has 158 valence electrons. The molecular weight excluding hydrogens is 462 g/mol. The minimum atomic E-state index is -1.24. The van der Waals surface area contributed by atoms with Crippen LogP contribution in [0.3, 0.4) is 0 Å². The van der Waals surface area contributed by atoms with E-state index in [1.54, 1.807) is 48.5 Å². The third-order valence-corrected chi connectivity index (χ3v) is 4.82. The average molecular weight is 482 g/mol. The fraction of sp³-hybridized carbons (Fsp3) is 0.0833. The molecule has 1 amide bonds. The molecule has 6 nitrogen and oxygen atoms in total. The second kappa shape index (κ2) is 10.4. The van der Waals surface area contributed by atoms with Gasteiger partial charge in [-0.2, -0.15) is 0 Å².